The van der Waals surface area contributed by atoms with Gasteiger partial charge in [0, 0.05) is 6.54 Å². The average Bonchev–Trinajstić information content (AvgIpc) is 2.44. The van der Waals surface area contributed by atoms with Crippen LogP contribution in [0.1, 0.15) is 25.3 Å². The number of guanidine groups is 1. The lowest BCUT2D eigenvalue weighted by Crippen LogP contribution is -2.41. The number of likely N-dealkylation sites (N-methyl/N-ethyl adjacent to an activating group) is 1. The Morgan fingerprint density at radius 3 is 2.73 bits per heavy atom. The molecule has 2 N–H and O–H groups in total. The summed E-state index contributed by atoms with van der Waals surface area (Å²) in [5, 5.41) is 3.05. The van der Waals surface area contributed by atoms with Crippen LogP contribution in [0.5, 0.6) is 0 Å². The highest BCUT2D eigenvalue weighted by atomic mass is 32.2. The van der Waals surface area contributed by atoms with Gasteiger partial charge >= 0.3 is 0 Å². The Kier molecular flexibility index (Phi) is 5.42. The van der Waals surface area contributed by atoms with Crippen LogP contribution in [0.15, 0.2) is 28.1 Å². The van der Waals surface area contributed by atoms with Gasteiger partial charge in [0.15, 0.2) is 0 Å². The van der Waals surface area contributed by atoms with E-state index in [2.05, 4.69) is 22.0 Å². The summed E-state index contributed by atoms with van der Waals surface area (Å²) < 4.78 is 27.2. The maximum Gasteiger partial charge on any atom is 0.266 e. The van der Waals surface area contributed by atoms with Crippen molar-refractivity contribution in [3.63, 3.8) is 0 Å². The molecule has 6 nitrogen and oxygen atoms in total. The van der Waals surface area contributed by atoms with Crippen LogP contribution in [0.2, 0.25) is 0 Å². The molecule has 0 aliphatic carbocycles. The van der Waals surface area contributed by atoms with Crippen LogP contribution in [0.3, 0.4) is 0 Å². The lowest BCUT2D eigenvalue weighted by atomic mass is 10.1. The fourth-order valence-electron chi connectivity index (χ4n) is 2.20. The summed E-state index contributed by atoms with van der Waals surface area (Å²) in [5.41, 5.74) is 1.63. The van der Waals surface area contributed by atoms with Gasteiger partial charge in [-0.05, 0) is 44.6 Å². The van der Waals surface area contributed by atoms with Crippen LogP contribution < -0.4 is 10.0 Å². The SMILES string of the molecule is CCCCc1ccc2c(c1)S(=O)(=O)NC(=NCCN(C)C)N2. The number of fused-ring (bicyclic) bond motifs is 1. The second-order valence-corrected chi connectivity index (χ2v) is 7.35. The third-order valence-corrected chi connectivity index (χ3v) is 4.83. The maximum absolute atomic E-state index is 12.4. The molecule has 1 aliphatic rings. The highest BCUT2D eigenvalue weighted by Crippen LogP contribution is 2.26. The number of sulfonamides is 1. The number of hydrogen-bond acceptors (Lipinski definition) is 4. The van der Waals surface area contributed by atoms with E-state index in [-0.39, 0.29) is 5.96 Å². The third-order valence-electron chi connectivity index (χ3n) is 3.46. The van der Waals surface area contributed by atoms with Crippen molar-refractivity contribution in [1.29, 1.82) is 0 Å². The summed E-state index contributed by atoms with van der Waals surface area (Å²) in [7, 11) is 0.354. The molecule has 0 radical (unpaired) electrons. The highest BCUT2D eigenvalue weighted by molar-refractivity contribution is 7.90. The largest absolute Gasteiger partial charge is 0.324 e. The molecule has 122 valence electrons. The molecule has 0 unspecified atom stereocenters. The van der Waals surface area contributed by atoms with Gasteiger partial charge in [-0.3, -0.25) is 4.99 Å². The van der Waals surface area contributed by atoms with E-state index in [1.165, 1.54) is 0 Å². The summed E-state index contributed by atoms with van der Waals surface area (Å²) in [6.45, 7) is 3.41. The summed E-state index contributed by atoms with van der Waals surface area (Å²) in [6.07, 6.45) is 3.03. The molecule has 0 atom stereocenters. The number of hydrogen-bond donors (Lipinski definition) is 2. The minimum absolute atomic E-state index is 0.288. The summed E-state index contributed by atoms with van der Waals surface area (Å²) in [5.74, 6) is 0.288. The van der Waals surface area contributed by atoms with Crippen molar-refractivity contribution in [2.45, 2.75) is 31.1 Å². The first-order valence-corrected chi connectivity index (χ1v) is 9.02. The number of unbranched alkanes of at least 4 members (excludes halogenated alkanes) is 1. The van der Waals surface area contributed by atoms with E-state index in [1.807, 2.05) is 31.1 Å². The molecular formula is C15H24N4O2S. The first-order chi connectivity index (χ1) is 10.4. The Labute approximate surface area is 132 Å². The van der Waals surface area contributed by atoms with Crippen molar-refractivity contribution in [3.8, 4) is 0 Å². The molecular weight excluding hydrogens is 300 g/mol. The molecule has 1 aliphatic heterocycles. The van der Waals surface area contributed by atoms with Crippen LogP contribution in [0.25, 0.3) is 0 Å². The lowest BCUT2D eigenvalue weighted by molar-refractivity contribution is 0.420. The number of aryl methyl sites for hydroxylation is 1. The summed E-state index contributed by atoms with van der Waals surface area (Å²) >= 11 is 0. The fraction of sp³-hybridized carbons (Fsp3) is 0.533. The van der Waals surface area contributed by atoms with Crippen LogP contribution in [0.4, 0.5) is 5.69 Å². The molecule has 0 spiro atoms. The van der Waals surface area contributed by atoms with E-state index in [9.17, 15) is 8.42 Å². The Balaban J connectivity index is 2.21. The second kappa shape index (κ2) is 7.11. The van der Waals surface area contributed by atoms with Crippen molar-refractivity contribution < 1.29 is 8.42 Å². The Morgan fingerprint density at radius 1 is 1.27 bits per heavy atom. The van der Waals surface area contributed by atoms with Crippen LogP contribution >= 0.6 is 0 Å². The molecule has 2 rings (SSSR count). The van der Waals surface area contributed by atoms with Gasteiger partial charge in [-0.15, -0.1) is 0 Å². The number of aliphatic imine (C=N–C) groups is 1. The summed E-state index contributed by atoms with van der Waals surface area (Å²) in [4.78, 5) is 6.56. The molecule has 1 heterocycles. The van der Waals surface area contributed by atoms with E-state index in [0.717, 1.165) is 31.4 Å². The fourth-order valence-corrected chi connectivity index (χ4v) is 3.39. The van der Waals surface area contributed by atoms with Crippen LogP contribution in [-0.2, 0) is 16.4 Å². The first-order valence-electron chi connectivity index (χ1n) is 7.54. The molecule has 22 heavy (non-hydrogen) atoms. The van der Waals surface area contributed by atoms with Crippen molar-refractivity contribution in [2.75, 3.05) is 32.5 Å². The van der Waals surface area contributed by atoms with Gasteiger partial charge in [-0.2, -0.15) is 0 Å². The summed E-state index contributed by atoms with van der Waals surface area (Å²) in [6, 6.07) is 5.54. The minimum Gasteiger partial charge on any atom is -0.324 e. The molecule has 0 bridgehead atoms. The monoisotopic (exact) mass is 324 g/mol. The van der Waals surface area contributed by atoms with E-state index < -0.39 is 10.0 Å². The number of benzene rings is 1. The van der Waals surface area contributed by atoms with Gasteiger partial charge in [-0.1, -0.05) is 19.4 Å². The molecule has 0 fully saturated rings. The number of nitrogens with zero attached hydrogens (tertiary/aromatic N) is 2. The van der Waals surface area contributed by atoms with E-state index in [4.69, 9.17) is 0 Å². The molecule has 7 heteroatoms. The van der Waals surface area contributed by atoms with Crippen LogP contribution in [0, 0.1) is 0 Å². The molecule has 0 aromatic heterocycles. The molecule has 0 saturated carbocycles. The quantitative estimate of drug-likeness (QED) is 0.834. The van der Waals surface area contributed by atoms with Gasteiger partial charge in [0.05, 0.1) is 12.2 Å². The van der Waals surface area contributed by atoms with Crippen LogP contribution in [-0.4, -0.2) is 46.5 Å². The number of rotatable bonds is 6. The predicted molar refractivity (Wildman–Crippen MR) is 89.9 cm³/mol. The zero-order valence-corrected chi connectivity index (χ0v) is 14.2. The number of anilines is 1. The Bertz CT molecular complexity index is 654. The van der Waals surface area contributed by atoms with Crippen molar-refractivity contribution in [3.05, 3.63) is 23.8 Å². The minimum atomic E-state index is -3.55. The van der Waals surface area contributed by atoms with Crippen molar-refractivity contribution in [1.82, 2.24) is 9.62 Å². The smallest absolute Gasteiger partial charge is 0.266 e. The third kappa shape index (κ3) is 4.20. The van der Waals surface area contributed by atoms with Gasteiger partial charge < -0.3 is 10.2 Å². The van der Waals surface area contributed by atoms with Crippen molar-refractivity contribution in [2.24, 2.45) is 4.99 Å². The zero-order chi connectivity index (χ0) is 16.2. The Hall–Kier alpha value is -1.60. The highest BCUT2D eigenvalue weighted by Gasteiger charge is 2.26. The van der Waals surface area contributed by atoms with E-state index in [0.29, 0.717) is 17.1 Å². The van der Waals surface area contributed by atoms with Crippen molar-refractivity contribution >= 4 is 21.7 Å². The second-order valence-electron chi connectivity index (χ2n) is 5.70. The predicted octanol–water partition coefficient (Wildman–Crippen LogP) is 1.65. The molecule has 1 aromatic carbocycles. The molecule has 1 aromatic rings. The van der Waals surface area contributed by atoms with Gasteiger partial charge in [-0.25, -0.2) is 13.1 Å². The maximum atomic E-state index is 12.4. The van der Waals surface area contributed by atoms with Gasteiger partial charge in [0.25, 0.3) is 10.0 Å². The molecule has 0 saturated heterocycles. The topological polar surface area (TPSA) is 73.8 Å². The standard InChI is InChI=1S/C15H24N4O2S/c1-4-5-6-12-7-8-13-14(11-12)22(20,21)18-15(17-13)16-9-10-19(2)3/h7-8,11H,4-6,9-10H2,1-3H3,(H2,16,17,18). The lowest BCUT2D eigenvalue weighted by Gasteiger charge is -2.22. The molecule has 0 amide bonds. The average molecular weight is 324 g/mol. The normalized spacial score (nSPS) is 17.9. The van der Waals surface area contributed by atoms with E-state index in [1.54, 1.807) is 6.07 Å². The van der Waals surface area contributed by atoms with Gasteiger partial charge in [0.2, 0.25) is 5.96 Å². The Morgan fingerprint density at radius 2 is 2.05 bits per heavy atom. The van der Waals surface area contributed by atoms with Gasteiger partial charge in [0.1, 0.15) is 4.90 Å². The zero-order valence-electron chi connectivity index (χ0n) is 13.4. The first kappa shape index (κ1) is 16.8. The number of nitrogens with one attached hydrogen (secondary N) is 2. The van der Waals surface area contributed by atoms with E-state index >= 15 is 0 Å².